The summed E-state index contributed by atoms with van der Waals surface area (Å²) in [4.78, 5) is 14.5. The highest BCUT2D eigenvalue weighted by Gasteiger charge is 2.30. The van der Waals surface area contributed by atoms with Gasteiger partial charge in [-0.25, -0.2) is 0 Å². The molecule has 2 aliphatic rings. The van der Waals surface area contributed by atoms with Gasteiger partial charge in [0.25, 0.3) is 5.91 Å². The van der Waals surface area contributed by atoms with Crippen LogP contribution in [0.25, 0.3) is 0 Å². The van der Waals surface area contributed by atoms with Crippen LogP contribution >= 0.6 is 27.5 Å². The molecule has 0 aliphatic carbocycles. The van der Waals surface area contributed by atoms with Crippen molar-refractivity contribution in [2.45, 2.75) is 31.7 Å². The topological polar surface area (TPSA) is 32.3 Å². The molecule has 0 radical (unpaired) electrons. The second-order valence-electron chi connectivity index (χ2n) is 5.96. The lowest BCUT2D eigenvalue weighted by Crippen LogP contribution is -2.43. The fourth-order valence-electron chi connectivity index (χ4n) is 3.45. The smallest absolute Gasteiger partial charge is 0.255 e. The third-order valence-corrected chi connectivity index (χ3v) is 5.48. The second-order valence-corrected chi connectivity index (χ2v) is 7.28. The second kappa shape index (κ2) is 6.67. The number of nitrogens with zero attached hydrogens (tertiary/aromatic N) is 1. The Hall–Kier alpha value is -0.580. The molecule has 1 N–H and O–H groups in total. The van der Waals surface area contributed by atoms with Crippen molar-refractivity contribution in [3.8, 4) is 0 Å². The number of hydrogen-bond acceptors (Lipinski definition) is 2. The summed E-state index contributed by atoms with van der Waals surface area (Å²) in [6.07, 6.45) is 4.76. The molecule has 2 saturated heterocycles. The van der Waals surface area contributed by atoms with Crippen molar-refractivity contribution in [2.75, 3.05) is 19.6 Å². The molecule has 3 nitrogen and oxygen atoms in total. The Bertz CT molecular complexity index is 523. The van der Waals surface area contributed by atoms with Gasteiger partial charge < -0.3 is 10.2 Å². The summed E-state index contributed by atoms with van der Waals surface area (Å²) in [6, 6.07) is 6.11. The van der Waals surface area contributed by atoms with E-state index in [0.29, 0.717) is 16.6 Å². The quantitative estimate of drug-likeness (QED) is 0.859. The van der Waals surface area contributed by atoms with Crippen LogP contribution < -0.4 is 5.32 Å². The monoisotopic (exact) mass is 370 g/mol. The van der Waals surface area contributed by atoms with Gasteiger partial charge in [-0.1, -0.05) is 27.5 Å². The SMILES string of the molecule is O=C(c1cc(Br)ccc1Cl)N1CCC(C2CCCN2)CC1. The number of benzene rings is 1. The lowest BCUT2D eigenvalue weighted by Gasteiger charge is -2.35. The molecule has 0 bridgehead atoms. The van der Waals surface area contributed by atoms with E-state index in [1.807, 2.05) is 17.0 Å². The molecule has 1 aromatic carbocycles. The molecule has 5 heteroatoms. The molecular formula is C16H20BrClN2O. The van der Waals surface area contributed by atoms with E-state index in [9.17, 15) is 4.79 Å². The van der Waals surface area contributed by atoms with E-state index < -0.39 is 0 Å². The average Bonchev–Trinajstić information content (AvgIpc) is 3.03. The summed E-state index contributed by atoms with van der Waals surface area (Å²) >= 11 is 9.57. The molecule has 2 fully saturated rings. The zero-order chi connectivity index (χ0) is 14.8. The van der Waals surface area contributed by atoms with Crippen LogP contribution in [0.5, 0.6) is 0 Å². The molecule has 1 aromatic rings. The van der Waals surface area contributed by atoms with Gasteiger partial charge in [-0.15, -0.1) is 0 Å². The fraction of sp³-hybridized carbons (Fsp3) is 0.562. The summed E-state index contributed by atoms with van der Waals surface area (Å²) in [5.41, 5.74) is 0.600. The maximum Gasteiger partial charge on any atom is 0.255 e. The van der Waals surface area contributed by atoms with Crippen LogP contribution in [-0.4, -0.2) is 36.5 Å². The minimum absolute atomic E-state index is 0.0548. The molecule has 1 atom stereocenters. The van der Waals surface area contributed by atoms with Gasteiger partial charge in [-0.05, 0) is 56.3 Å². The Balaban J connectivity index is 1.63. The van der Waals surface area contributed by atoms with Crippen molar-refractivity contribution in [1.82, 2.24) is 10.2 Å². The highest BCUT2D eigenvalue weighted by atomic mass is 79.9. The molecule has 3 rings (SSSR count). The van der Waals surface area contributed by atoms with Crippen molar-refractivity contribution in [1.29, 1.82) is 0 Å². The van der Waals surface area contributed by atoms with E-state index in [4.69, 9.17) is 11.6 Å². The lowest BCUT2D eigenvalue weighted by molar-refractivity contribution is 0.0674. The first-order valence-corrected chi connectivity index (χ1v) is 8.80. The first-order chi connectivity index (χ1) is 10.1. The van der Waals surface area contributed by atoms with Crippen LogP contribution in [0.2, 0.25) is 5.02 Å². The van der Waals surface area contributed by atoms with E-state index in [1.165, 1.54) is 12.8 Å². The van der Waals surface area contributed by atoms with Gasteiger partial charge in [0.15, 0.2) is 0 Å². The molecule has 2 heterocycles. The molecule has 114 valence electrons. The highest BCUT2D eigenvalue weighted by molar-refractivity contribution is 9.10. The molecule has 1 amide bonds. The Morgan fingerprint density at radius 3 is 2.71 bits per heavy atom. The van der Waals surface area contributed by atoms with Crippen LogP contribution in [0.4, 0.5) is 0 Å². The van der Waals surface area contributed by atoms with Crippen LogP contribution in [0.1, 0.15) is 36.0 Å². The number of carbonyl (C=O) groups excluding carboxylic acids is 1. The van der Waals surface area contributed by atoms with Gasteiger partial charge >= 0.3 is 0 Å². The molecule has 2 aliphatic heterocycles. The van der Waals surface area contributed by atoms with Crippen molar-refractivity contribution in [3.63, 3.8) is 0 Å². The maximum absolute atomic E-state index is 12.6. The van der Waals surface area contributed by atoms with E-state index in [-0.39, 0.29) is 5.91 Å². The minimum atomic E-state index is 0.0548. The number of piperidine rings is 1. The van der Waals surface area contributed by atoms with Crippen molar-refractivity contribution < 1.29 is 4.79 Å². The summed E-state index contributed by atoms with van der Waals surface area (Å²) in [6.45, 7) is 2.83. The van der Waals surface area contributed by atoms with Gasteiger partial charge in [0.2, 0.25) is 0 Å². The van der Waals surface area contributed by atoms with Crippen LogP contribution in [0.15, 0.2) is 22.7 Å². The predicted octanol–water partition coefficient (Wildman–Crippen LogP) is 3.71. The van der Waals surface area contributed by atoms with Crippen molar-refractivity contribution in [3.05, 3.63) is 33.3 Å². The standard InChI is InChI=1S/C16H20BrClN2O/c17-12-3-4-14(18)13(10-12)16(21)20-8-5-11(6-9-20)15-2-1-7-19-15/h3-4,10-11,15,19H,1-2,5-9H2. The summed E-state index contributed by atoms with van der Waals surface area (Å²) < 4.78 is 0.889. The predicted molar refractivity (Wildman–Crippen MR) is 88.8 cm³/mol. The minimum Gasteiger partial charge on any atom is -0.339 e. The number of amides is 1. The maximum atomic E-state index is 12.6. The van der Waals surface area contributed by atoms with Gasteiger partial charge in [0.1, 0.15) is 0 Å². The molecule has 0 saturated carbocycles. The van der Waals surface area contributed by atoms with Crippen molar-refractivity contribution >= 4 is 33.4 Å². The zero-order valence-corrected chi connectivity index (χ0v) is 14.3. The number of rotatable bonds is 2. The first kappa shape index (κ1) is 15.3. The highest BCUT2D eigenvalue weighted by Crippen LogP contribution is 2.28. The molecule has 21 heavy (non-hydrogen) atoms. The van der Waals surface area contributed by atoms with Crippen LogP contribution in [0.3, 0.4) is 0 Å². The third-order valence-electron chi connectivity index (χ3n) is 4.65. The first-order valence-electron chi connectivity index (χ1n) is 7.63. The van der Waals surface area contributed by atoms with Crippen LogP contribution in [0, 0.1) is 5.92 Å². The Kier molecular flexibility index (Phi) is 4.87. The largest absolute Gasteiger partial charge is 0.339 e. The Labute approximate surface area is 139 Å². The van der Waals surface area contributed by atoms with Gasteiger partial charge in [-0.2, -0.15) is 0 Å². The summed E-state index contributed by atoms with van der Waals surface area (Å²) in [5, 5.41) is 4.12. The fourth-order valence-corrected chi connectivity index (χ4v) is 4.01. The molecule has 0 aromatic heterocycles. The normalized spacial score (nSPS) is 23.5. The van der Waals surface area contributed by atoms with Crippen molar-refractivity contribution in [2.24, 2.45) is 5.92 Å². The van der Waals surface area contributed by atoms with Gasteiger partial charge in [0, 0.05) is 23.6 Å². The third kappa shape index (κ3) is 3.43. The van der Waals surface area contributed by atoms with Crippen LogP contribution in [-0.2, 0) is 0 Å². The van der Waals surface area contributed by atoms with Gasteiger partial charge in [-0.3, -0.25) is 4.79 Å². The van der Waals surface area contributed by atoms with E-state index >= 15 is 0 Å². The number of hydrogen-bond donors (Lipinski definition) is 1. The zero-order valence-electron chi connectivity index (χ0n) is 11.9. The van der Waals surface area contributed by atoms with E-state index in [1.54, 1.807) is 6.07 Å². The molecular weight excluding hydrogens is 352 g/mol. The molecule has 1 unspecified atom stereocenters. The average molecular weight is 372 g/mol. The Morgan fingerprint density at radius 1 is 1.29 bits per heavy atom. The molecule has 0 spiro atoms. The van der Waals surface area contributed by atoms with Gasteiger partial charge in [0.05, 0.1) is 10.6 Å². The number of halogens is 2. The number of nitrogens with one attached hydrogen (secondary N) is 1. The van der Waals surface area contributed by atoms with E-state index in [2.05, 4.69) is 21.2 Å². The lowest BCUT2D eigenvalue weighted by atomic mass is 9.88. The summed E-state index contributed by atoms with van der Waals surface area (Å²) in [5.74, 6) is 0.772. The number of carbonyl (C=O) groups is 1. The summed E-state index contributed by atoms with van der Waals surface area (Å²) in [7, 11) is 0. The Morgan fingerprint density at radius 2 is 2.05 bits per heavy atom. The number of likely N-dealkylation sites (tertiary alicyclic amines) is 1. The van der Waals surface area contributed by atoms with E-state index in [0.717, 1.165) is 42.9 Å².